The number of hydrogen-bond donors (Lipinski definition) is 3. The van der Waals surface area contributed by atoms with Gasteiger partial charge in [-0.05, 0) is 62.7 Å². The summed E-state index contributed by atoms with van der Waals surface area (Å²) >= 11 is 0. The summed E-state index contributed by atoms with van der Waals surface area (Å²) < 4.78 is 29.0. The summed E-state index contributed by atoms with van der Waals surface area (Å²) in [4.78, 5) is 18.4. The molecular weight excluding hydrogens is 428 g/mol. The number of nitrogens with one attached hydrogen (secondary N) is 2. The number of amides is 1. The summed E-state index contributed by atoms with van der Waals surface area (Å²) in [6.07, 6.45) is 2.64. The van der Waals surface area contributed by atoms with Crippen LogP contribution in [-0.2, 0) is 16.6 Å². The Kier molecular flexibility index (Phi) is 6.75. The van der Waals surface area contributed by atoms with E-state index in [-0.39, 0.29) is 6.54 Å². The fourth-order valence-corrected chi connectivity index (χ4v) is 6.13. The van der Waals surface area contributed by atoms with Gasteiger partial charge in [-0.25, -0.2) is 14.3 Å². The van der Waals surface area contributed by atoms with E-state index in [1.54, 1.807) is 12.1 Å². The topological polar surface area (TPSA) is 121 Å². The summed E-state index contributed by atoms with van der Waals surface area (Å²) in [5.74, 6) is 4.73. The summed E-state index contributed by atoms with van der Waals surface area (Å²) in [5, 5.41) is 2.84. The Bertz CT molecular complexity index is 1050. The number of hydrogen-bond acceptors (Lipinski definition) is 7. The first-order chi connectivity index (χ1) is 15.4. The van der Waals surface area contributed by atoms with Crippen LogP contribution in [-0.4, -0.2) is 61.7 Å². The zero-order chi connectivity index (χ0) is 22.7. The van der Waals surface area contributed by atoms with Gasteiger partial charge < -0.3 is 5.32 Å². The van der Waals surface area contributed by atoms with Crippen molar-refractivity contribution in [3.63, 3.8) is 0 Å². The fourth-order valence-electron chi connectivity index (χ4n) is 4.24. The van der Waals surface area contributed by atoms with Crippen LogP contribution in [0.3, 0.4) is 0 Å². The summed E-state index contributed by atoms with van der Waals surface area (Å²) in [5.41, 5.74) is 4.55. The smallest absolute Gasteiger partial charge is 0.266 e. The molecule has 2 aromatic rings. The maximum absolute atomic E-state index is 13.8. The number of sulfonamides is 1. The van der Waals surface area contributed by atoms with Gasteiger partial charge in [0.1, 0.15) is 0 Å². The van der Waals surface area contributed by atoms with Crippen LogP contribution < -0.4 is 20.9 Å². The molecule has 2 aliphatic heterocycles. The number of pyridine rings is 1. The molecular formula is C22H30N6O3S. The van der Waals surface area contributed by atoms with E-state index in [1.807, 2.05) is 31.2 Å². The van der Waals surface area contributed by atoms with Crippen LogP contribution in [0.25, 0.3) is 0 Å². The highest BCUT2D eigenvalue weighted by atomic mass is 32.2. The first-order valence-corrected chi connectivity index (χ1v) is 12.4. The number of nitrogens with zero attached hydrogens (tertiary/aromatic N) is 3. The number of aryl methyl sites for hydroxylation is 1. The third-order valence-corrected chi connectivity index (χ3v) is 8.56. The average molecular weight is 459 g/mol. The standard InChI is InChI=1S/C22H30N6O3S/c1-16-3-2-4-19(11-16)28(15-18-6-5-17(12-25-18)22(29)26-23)32(30,31)21-7-9-27(10-8-21)20-13-24-14-20/h2-6,11-12,20-21,24H,7-10,13-15,23H2,1H3,(H,26,29). The lowest BCUT2D eigenvalue weighted by Crippen LogP contribution is -2.59. The molecule has 1 aromatic heterocycles. The molecule has 32 heavy (non-hydrogen) atoms. The van der Waals surface area contributed by atoms with E-state index in [9.17, 15) is 13.2 Å². The first-order valence-electron chi connectivity index (χ1n) is 10.9. The lowest BCUT2D eigenvalue weighted by molar-refractivity contribution is 0.0953. The molecule has 9 nitrogen and oxygen atoms in total. The number of carbonyl (C=O) groups excluding carboxylic acids is 1. The van der Waals surface area contributed by atoms with Gasteiger partial charge in [0.2, 0.25) is 10.0 Å². The third-order valence-electron chi connectivity index (χ3n) is 6.29. The Morgan fingerprint density at radius 2 is 2.00 bits per heavy atom. The molecule has 2 saturated heterocycles. The predicted molar refractivity (Wildman–Crippen MR) is 123 cm³/mol. The fraction of sp³-hybridized carbons (Fsp3) is 0.455. The SMILES string of the molecule is Cc1cccc(N(Cc2ccc(C(=O)NN)cn2)S(=O)(=O)C2CCN(C3CNC3)CC2)c1. The average Bonchev–Trinajstić information content (AvgIpc) is 2.76. The Balaban J connectivity index is 1.57. The molecule has 0 atom stereocenters. The van der Waals surface area contributed by atoms with Crippen LogP contribution in [0.5, 0.6) is 0 Å². The Morgan fingerprint density at radius 1 is 1.25 bits per heavy atom. The molecule has 2 aliphatic rings. The molecule has 2 fully saturated rings. The number of nitrogens with two attached hydrogens (primary N) is 1. The zero-order valence-electron chi connectivity index (χ0n) is 18.2. The van der Waals surface area contributed by atoms with Gasteiger partial charge in [0, 0.05) is 25.3 Å². The molecule has 0 bridgehead atoms. The van der Waals surface area contributed by atoms with Crippen molar-refractivity contribution in [2.45, 2.75) is 37.6 Å². The maximum atomic E-state index is 13.8. The van der Waals surface area contributed by atoms with E-state index >= 15 is 0 Å². The Morgan fingerprint density at radius 3 is 2.56 bits per heavy atom. The van der Waals surface area contributed by atoms with Crippen molar-refractivity contribution in [1.82, 2.24) is 20.6 Å². The van der Waals surface area contributed by atoms with E-state index in [4.69, 9.17) is 5.84 Å². The van der Waals surface area contributed by atoms with Crippen molar-refractivity contribution in [2.24, 2.45) is 5.84 Å². The molecule has 1 amide bonds. The summed E-state index contributed by atoms with van der Waals surface area (Å²) in [7, 11) is -3.61. The number of aromatic nitrogens is 1. The normalized spacial score (nSPS) is 18.2. The number of likely N-dealkylation sites (tertiary alicyclic amines) is 1. The molecule has 0 saturated carbocycles. The highest BCUT2D eigenvalue weighted by Crippen LogP contribution is 2.29. The second-order valence-corrected chi connectivity index (χ2v) is 10.6. The van der Waals surface area contributed by atoms with E-state index in [1.165, 1.54) is 10.5 Å². The van der Waals surface area contributed by atoms with Gasteiger partial charge in [0.05, 0.1) is 28.7 Å². The van der Waals surface area contributed by atoms with Crippen molar-refractivity contribution in [2.75, 3.05) is 30.5 Å². The van der Waals surface area contributed by atoms with Gasteiger partial charge in [-0.1, -0.05) is 12.1 Å². The Labute approximate surface area is 189 Å². The zero-order valence-corrected chi connectivity index (χ0v) is 19.0. The van der Waals surface area contributed by atoms with Crippen LogP contribution >= 0.6 is 0 Å². The van der Waals surface area contributed by atoms with Gasteiger partial charge in [0.25, 0.3) is 5.91 Å². The molecule has 0 aliphatic carbocycles. The number of anilines is 1. The molecule has 0 spiro atoms. The van der Waals surface area contributed by atoms with E-state index in [2.05, 4.69) is 20.6 Å². The number of benzene rings is 1. The molecule has 10 heteroatoms. The summed E-state index contributed by atoms with van der Waals surface area (Å²) in [6.45, 7) is 5.59. The number of carbonyl (C=O) groups is 1. The second-order valence-electron chi connectivity index (χ2n) is 8.45. The minimum absolute atomic E-state index is 0.100. The molecule has 0 radical (unpaired) electrons. The lowest BCUT2D eigenvalue weighted by atomic mass is 10.0. The van der Waals surface area contributed by atoms with Gasteiger partial charge in [-0.3, -0.25) is 24.4 Å². The van der Waals surface area contributed by atoms with Gasteiger partial charge in [-0.15, -0.1) is 0 Å². The van der Waals surface area contributed by atoms with Gasteiger partial charge >= 0.3 is 0 Å². The lowest BCUT2D eigenvalue weighted by Gasteiger charge is -2.42. The number of nitrogen functional groups attached to an aromatic ring is 1. The second kappa shape index (κ2) is 9.53. The number of rotatable bonds is 7. The van der Waals surface area contributed by atoms with Gasteiger partial charge in [-0.2, -0.15) is 0 Å². The monoisotopic (exact) mass is 458 g/mol. The molecule has 0 unspecified atom stereocenters. The first kappa shape index (κ1) is 22.7. The minimum Gasteiger partial charge on any atom is -0.314 e. The predicted octanol–water partition coefficient (Wildman–Crippen LogP) is 0.766. The Hall–Kier alpha value is -2.53. The van der Waals surface area contributed by atoms with E-state index in [0.717, 1.165) is 31.7 Å². The largest absolute Gasteiger partial charge is 0.314 e. The van der Waals surface area contributed by atoms with Crippen LogP contribution in [0.1, 0.15) is 34.5 Å². The molecule has 1 aromatic carbocycles. The van der Waals surface area contributed by atoms with Crippen LogP contribution in [0.15, 0.2) is 42.6 Å². The quantitative estimate of drug-likeness (QED) is 0.318. The van der Waals surface area contributed by atoms with Crippen molar-refractivity contribution < 1.29 is 13.2 Å². The highest BCUT2D eigenvalue weighted by Gasteiger charge is 2.37. The van der Waals surface area contributed by atoms with Gasteiger partial charge in [0.15, 0.2) is 0 Å². The van der Waals surface area contributed by atoms with Crippen molar-refractivity contribution in [3.05, 3.63) is 59.4 Å². The number of piperidine rings is 1. The molecule has 172 valence electrons. The van der Waals surface area contributed by atoms with Crippen molar-refractivity contribution >= 4 is 21.6 Å². The minimum atomic E-state index is -3.61. The highest BCUT2D eigenvalue weighted by molar-refractivity contribution is 7.93. The van der Waals surface area contributed by atoms with Crippen molar-refractivity contribution in [1.29, 1.82) is 0 Å². The van der Waals surface area contributed by atoms with Crippen molar-refractivity contribution in [3.8, 4) is 0 Å². The van der Waals surface area contributed by atoms with Crippen LogP contribution in [0.4, 0.5) is 5.69 Å². The molecule has 3 heterocycles. The molecule has 4 rings (SSSR count). The van der Waals surface area contributed by atoms with E-state index < -0.39 is 21.2 Å². The van der Waals surface area contributed by atoms with E-state index in [0.29, 0.717) is 35.8 Å². The van der Waals surface area contributed by atoms with Crippen LogP contribution in [0.2, 0.25) is 0 Å². The van der Waals surface area contributed by atoms with Crippen LogP contribution in [0, 0.1) is 6.92 Å². The summed E-state index contributed by atoms with van der Waals surface area (Å²) in [6, 6.07) is 11.3. The molecule has 4 N–H and O–H groups in total. The third kappa shape index (κ3) is 4.78. The maximum Gasteiger partial charge on any atom is 0.266 e. The number of hydrazine groups is 1.